The smallest absolute Gasteiger partial charge is 0.404 e. The first kappa shape index (κ1) is 17.7. The lowest BCUT2D eigenvalue weighted by Crippen LogP contribution is -2.42. The Hall–Kier alpha value is -1.67. The Bertz CT molecular complexity index is 625. The second kappa shape index (κ2) is 7.74. The Labute approximate surface area is 135 Å². The normalized spacial score (nSPS) is 17.1. The van der Waals surface area contributed by atoms with E-state index in [4.69, 9.17) is 5.11 Å². The first-order valence-corrected chi connectivity index (χ1v) is 9.17. The highest BCUT2D eigenvalue weighted by Crippen LogP contribution is 2.20. The minimum absolute atomic E-state index is 0.00330. The van der Waals surface area contributed by atoms with Crippen molar-refractivity contribution in [3.8, 4) is 0 Å². The molecule has 1 aliphatic rings. The molecule has 23 heavy (non-hydrogen) atoms. The van der Waals surface area contributed by atoms with Crippen LogP contribution in [0.4, 0.5) is 9.18 Å². The predicted molar refractivity (Wildman–Crippen MR) is 84.2 cm³/mol. The van der Waals surface area contributed by atoms with E-state index in [1.807, 2.05) is 0 Å². The molecule has 0 atom stereocenters. The fourth-order valence-corrected chi connectivity index (χ4v) is 4.17. The van der Waals surface area contributed by atoms with E-state index in [0.717, 1.165) is 5.56 Å². The Morgan fingerprint density at radius 2 is 1.87 bits per heavy atom. The van der Waals surface area contributed by atoms with Crippen LogP contribution in [0, 0.1) is 11.7 Å². The third kappa shape index (κ3) is 5.47. The molecule has 1 aliphatic heterocycles. The van der Waals surface area contributed by atoms with Crippen molar-refractivity contribution in [3.05, 3.63) is 35.6 Å². The van der Waals surface area contributed by atoms with Crippen molar-refractivity contribution in [3.63, 3.8) is 0 Å². The van der Waals surface area contributed by atoms with E-state index in [1.54, 1.807) is 12.1 Å². The van der Waals surface area contributed by atoms with E-state index in [2.05, 4.69) is 5.32 Å². The van der Waals surface area contributed by atoms with Gasteiger partial charge in [-0.15, -0.1) is 0 Å². The van der Waals surface area contributed by atoms with Gasteiger partial charge in [0.25, 0.3) is 0 Å². The lowest BCUT2D eigenvalue weighted by molar-refractivity contribution is 0.188. The molecule has 2 rings (SSSR count). The highest BCUT2D eigenvalue weighted by atomic mass is 32.2. The number of amides is 1. The molecule has 0 aliphatic carbocycles. The maximum absolute atomic E-state index is 12.8. The lowest BCUT2D eigenvalue weighted by atomic mass is 9.98. The number of halogens is 1. The van der Waals surface area contributed by atoms with Gasteiger partial charge in [0.15, 0.2) is 0 Å². The largest absolute Gasteiger partial charge is 0.465 e. The zero-order valence-corrected chi connectivity index (χ0v) is 13.6. The summed E-state index contributed by atoms with van der Waals surface area (Å²) in [6, 6.07) is 5.83. The number of nitrogens with zero attached hydrogens (tertiary/aromatic N) is 1. The summed E-state index contributed by atoms with van der Waals surface area (Å²) >= 11 is 0. The van der Waals surface area contributed by atoms with E-state index >= 15 is 0 Å². The summed E-state index contributed by atoms with van der Waals surface area (Å²) in [6.07, 6.45) is 0.592. The number of hydrogen-bond donors (Lipinski definition) is 2. The number of benzene rings is 1. The first-order valence-electron chi connectivity index (χ1n) is 7.56. The van der Waals surface area contributed by atoms with Gasteiger partial charge in [-0.25, -0.2) is 21.9 Å². The molecule has 1 aromatic carbocycles. The molecular weight excluding hydrogens is 323 g/mol. The Morgan fingerprint density at radius 1 is 1.26 bits per heavy atom. The van der Waals surface area contributed by atoms with Gasteiger partial charge in [0.05, 0.1) is 5.75 Å². The Morgan fingerprint density at radius 3 is 2.43 bits per heavy atom. The fraction of sp³-hybridized carbons (Fsp3) is 0.533. The van der Waals surface area contributed by atoms with Crippen molar-refractivity contribution >= 4 is 16.1 Å². The highest BCUT2D eigenvalue weighted by molar-refractivity contribution is 7.89. The molecule has 0 unspecified atom stereocenters. The molecule has 1 fully saturated rings. The van der Waals surface area contributed by atoms with Crippen molar-refractivity contribution in [1.29, 1.82) is 0 Å². The van der Waals surface area contributed by atoms with Crippen molar-refractivity contribution in [2.45, 2.75) is 19.3 Å². The molecule has 0 spiro atoms. The van der Waals surface area contributed by atoms with Gasteiger partial charge in [-0.2, -0.15) is 0 Å². The third-order valence-corrected chi connectivity index (χ3v) is 5.94. The molecule has 1 amide bonds. The number of carboxylic acid groups (broad SMARTS) is 1. The molecular formula is C15H21FN2O4S. The molecule has 1 saturated heterocycles. The van der Waals surface area contributed by atoms with Crippen molar-refractivity contribution < 1.29 is 22.7 Å². The minimum Gasteiger partial charge on any atom is -0.465 e. The number of nitrogens with one attached hydrogen (secondary N) is 1. The molecule has 0 bridgehead atoms. The monoisotopic (exact) mass is 344 g/mol. The second-order valence-corrected chi connectivity index (χ2v) is 7.81. The Balaban J connectivity index is 1.81. The number of rotatable bonds is 6. The van der Waals surface area contributed by atoms with Gasteiger partial charge in [-0.05, 0) is 42.9 Å². The quantitative estimate of drug-likeness (QED) is 0.822. The number of sulfonamides is 1. The van der Waals surface area contributed by atoms with Crippen LogP contribution in [-0.2, 0) is 16.4 Å². The molecule has 8 heteroatoms. The molecule has 1 aromatic rings. The van der Waals surface area contributed by atoms with Crippen molar-refractivity contribution in [2.75, 3.05) is 25.4 Å². The van der Waals surface area contributed by atoms with Crippen LogP contribution < -0.4 is 5.32 Å². The van der Waals surface area contributed by atoms with Gasteiger partial charge in [0.1, 0.15) is 5.82 Å². The topological polar surface area (TPSA) is 86.7 Å². The molecule has 128 valence electrons. The number of aryl methyl sites for hydroxylation is 1. The summed E-state index contributed by atoms with van der Waals surface area (Å²) in [6.45, 7) is 1.19. The van der Waals surface area contributed by atoms with Gasteiger partial charge in [0, 0.05) is 19.6 Å². The fourth-order valence-electron chi connectivity index (χ4n) is 2.65. The SMILES string of the molecule is O=C(O)NCC1CCN(S(=O)(=O)CCc2ccc(F)cc2)CC1. The summed E-state index contributed by atoms with van der Waals surface area (Å²) in [5, 5.41) is 10.9. The zero-order chi connectivity index (χ0) is 16.9. The summed E-state index contributed by atoms with van der Waals surface area (Å²) in [4.78, 5) is 10.5. The van der Waals surface area contributed by atoms with E-state index in [1.165, 1.54) is 16.4 Å². The van der Waals surface area contributed by atoms with Gasteiger partial charge in [-0.3, -0.25) is 0 Å². The van der Waals surface area contributed by atoms with E-state index in [9.17, 15) is 17.6 Å². The first-order chi connectivity index (χ1) is 10.9. The van der Waals surface area contributed by atoms with Gasteiger partial charge < -0.3 is 10.4 Å². The average molecular weight is 344 g/mol. The van der Waals surface area contributed by atoms with Crippen LogP contribution in [0.3, 0.4) is 0 Å². The van der Waals surface area contributed by atoms with Crippen LogP contribution in [0.5, 0.6) is 0 Å². The predicted octanol–water partition coefficient (Wildman–Crippen LogP) is 1.68. The molecule has 0 aromatic heterocycles. The van der Waals surface area contributed by atoms with Gasteiger partial charge >= 0.3 is 6.09 Å². The minimum atomic E-state index is -3.34. The number of carbonyl (C=O) groups is 1. The van der Waals surface area contributed by atoms with Gasteiger partial charge in [-0.1, -0.05) is 12.1 Å². The van der Waals surface area contributed by atoms with E-state index in [0.29, 0.717) is 38.9 Å². The summed E-state index contributed by atoms with van der Waals surface area (Å²) in [7, 11) is -3.34. The maximum atomic E-state index is 12.8. The van der Waals surface area contributed by atoms with Crippen LogP contribution in [0.1, 0.15) is 18.4 Å². The van der Waals surface area contributed by atoms with Crippen LogP contribution in [0.15, 0.2) is 24.3 Å². The molecule has 6 nitrogen and oxygen atoms in total. The molecule has 0 saturated carbocycles. The van der Waals surface area contributed by atoms with E-state index in [-0.39, 0.29) is 17.5 Å². The zero-order valence-electron chi connectivity index (χ0n) is 12.7. The van der Waals surface area contributed by atoms with Crippen LogP contribution in [0.2, 0.25) is 0 Å². The van der Waals surface area contributed by atoms with Gasteiger partial charge in [0.2, 0.25) is 10.0 Å². The summed E-state index contributed by atoms with van der Waals surface area (Å²) < 4.78 is 39.0. The lowest BCUT2D eigenvalue weighted by Gasteiger charge is -2.31. The van der Waals surface area contributed by atoms with Crippen LogP contribution in [0.25, 0.3) is 0 Å². The highest BCUT2D eigenvalue weighted by Gasteiger charge is 2.27. The second-order valence-electron chi connectivity index (χ2n) is 5.72. The van der Waals surface area contributed by atoms with Crippen molar-refractivity contribution in [1.82, 2.24) is 9.62 Å². The van der Waals surface area contributed by atoms with Crippen molar-refractivity contribution in [2.24, 2.45) is 5.92 Å². The van der Waals surface area contributed by atoms with Crippen LogP contribution in [-0.4, -0.2) is 49.3 Å². The van der Waals surface area contributed by atoms with E-state index < -0.39 is 16.1 Å². The summed E-state index contributed by atoms with van der Waals surface area (Å²) in [5.41, 5.74) is 0.788. The van der Waals surface area contributed by atoms with Crippen LogP contribution >= 0.6 is 0 Å². The third-order valence-electron chi connectivity index (χ3n) is 4.07. The molecule has 0 radical (unpaired) electrons. The maximum Gasteiger partial charge on any atom is 0.404 e. The standard InChI is InChI=1S/C15H21FN2O4S/c16-14-3-1-12(2-4-14)7-10-23(21,22)18-8-5-13(6-9-18)11-17-15(19)20/h1-4,13,17H,5-11H2,(H,19,20). The number of piperidine rings is 1. The Kier molecular flexibility index (Phi) is 5.95. The molecule has 2 N–H and O–H groups in total. The number of hydrogen-bond acceptors (Lipinski definition) is 3. The molecule has 1 heterocycles. The average Bonchev–Trinajstić information content (AvgIpc) is 2.53. The summed E-state index contributed by atoms with van der Waals surface area (Å²) in [5.74, 6) is -0.167.